The Morgan fingerprint density at radius 2 is 1.60 bits per heavy atom. The highest BCUT2D eigenvalue weighted by Gasteiger charge is 2.35. The number of rotatable bonds is 13. The van der Waals surface area contributed by atoms with E-state index in [0.29, 0.717) is 11.3 Å². The van der Waals surface area contributed by atoms with Gasteiger partial charge in [0, 0.05) is 47.3 Å². The van der Waals surface area contributed by atoms with Crippen molar-refractivity contribution in [2.75, 3.05) is 25.0 Å². The zero-order chi connectivity index (χ0) is 34.3. The summed E-state index contributed by atoms with van der Waals surface area (Å²) in [5.74, 6) is -0.828. The number of halogens is 2. The average Bonchev–Trinajstić information content (AvgIpc) is 3.06. The second-order valence-electron chi connectivity index (χ2n) is 10.5. The van der Waals surface area contributed by atoms with E-state index in [2.05, 4.69) is 5.32 Å². The van der Waals surface area contributed by atoms with Gasteiger partial charge in [0.15, 0.2) is 0 Å². The van der Waals surface area contributed by atoms with Gasteiger partial charge in [-0.1, -0.05) is 65.7 Å². The van der Waals surface area contributed by atoms with Crippen LogP contribution < -0.4 is 14.4 Å². The lowest BCUT2D eigenvalue weighted by atomic mass is 10.0. The zero-order valence-corrected chi connectivity index (χ0v) is 28.1. The quantitative estimate of drug-likeness (QED) is 0.138. The summed E-state index contributed by atoms with van der Waals surface area (Å²) >= 11 is 13.0. The van der Waals surface area contributed by atoms with Crippen molar-refractivity contribution in [1.82, 2.24) is 10.2 Å². The fourth-order valence-electron chi connectivity index (χ4n) is 4.93. The molecule has 4 aromatic carbocycles. The lowest BCUT2D eigenvalue weighted by molar-refractivity contribution is -0.385. The summed E-state index contributed by atoms with van der Waals surface area (Å²) in [6.45, 7) is 0.484. The van der Waals surface area contributed by atoms with Crippen LogP contribution in [-0.2, 0) is 32.6 Å². The summed E-state index contributed by atoms with van der Waals surface area (Å²) in [4.78, 5) is 39.7. The Morgan fingerprint density at radius 3 is 2.17 bits per heavy atom. The molecule has 47 heavy (non-hydrogen) atoms. The number of ether oxygens (including phenoxy) is 1. The van der Waals surface area contributed by atoms with E-state index in [0.717, 1.165) is 15.9 Å². The lowest BCUT2D eigenvalue weighted by Crippen LogP contribution is -2.53. The van der Waals surface area contributed by atoms with Gasteiger partial charge in [-0.05, 0) is 55.0 Å². The highest BCUT2D eigenvalue weighted by Crippen LogP contribution is 2.31. The fourth-order valence-corrected chi connectivity index (χ4v) is 6.88. The second-order valence-corrected chi connectivity index (χ2v) is 13.1. The largest absolute Gasteiger partial charge is 0.497 e. The SMILES string of the molecule is CNC(=O)[C@@H](Cc1ccccc1)N(Cc1c(Cl)cccc1Cl)C(=O)CN(c1ccc(OC)cc1)S(=O)(=O)c1ccc(C)c([N+](=O)[O-])c1. The number of amides is 2. The molecule has 0 unspecified atom stereocenters. The third kappa shape index (κ3) is 8.20. The number of nitrogens with one attached hydrogen (secondary N) is 1. The van der Waals surface area contributed by atoms with Gasteiger partial charge in [-0.3, -0.25) is 24.0 Å². The number of sulfonamides is 1. The molecule has 4 aromatic rings. The highest BCUT2D eigenvalue weighted by atomic mass is 35.5. The van der Waals surface area contributed by atoms with Crippen molar-refractivity contribution in [3.63, 3.8) is 0 Å². The number of likely N-dealkylation sites (N-methyl/N-ethyl adjacent to an activating group) is 1. The molecule has 0 aliphatic rings. The maximum Gasteiger partial charge on any atom is 0.273 e. The van der Waals surface area contributed by atoms with Crippen LogP contribution in [0, 0.1) is 17.0 Å². The molecule has 0 aliphatic heterocycles. The zero-order valence-electron chi connectivity index (χ0n) is 25.7. The summed E-state index contributed by atoms with van der Waals surface area (Å²) in [5.41, 5.74) is 1.05. The number of nitro benzene ring substituents is 1. The fraction of sp³-hybridized carbons (Fsp3) is 0.212. The topological polar surface area (TPSA) is 139 Å². The number of nitrogens with zero attached hydrogens (tertiary/aromatic N) is 3. The van der Waals surface area contributed by atoms with E-state index < -0.39 is 49.9 Å². The van der Waals surface area contributed by atoms with Gasteiger partial charge < -0.3 is 15.0 Å². The number of aryl methyl sites for hydroxylation is 1. The molecule has 1 atom stereocenters. The molecule has 0 aliphatic carbocycles. The van der Waals surface area contributed by atoms with Gasteiger partial charge in [-0.2, -0.15) is 0 Å². The van der Waals surface area contributed by atoms with Gasteiger partial charge in [0.1, 0.15) is 18.3 Å². The Kier molecular flexibility index (Phi) is 11.5. The van der Waals surface area contributed by atoms with Crippen LogP contribution in [0.3, 0.4) is 0 Å². The molecule has 0 bridgehead atoms. The molecular formula is C33H32Cl2N4O7S. The molecule has 0 heterocycles. The van der Waals surface area contributed by atoms with Crippen LogP contribution in [0.15, 0.2) is 95.9 Å². The second kappa shape index (κ2) is 15.3. The molecule has 0 saturated heterocycles. The third-order valence-electron chi connectivity index (χ3n) is 7.51. The monoisotopic (exact) mass is 698 g/mol. The molecule has 246 valence electrons. The molecule has 0 spiro atoms. The molecule has 1 N–H and O–H groups in total. The number of hydrogen-bond donors (Lipinski definition) is 1. The number of carbonyl (C=O) groups excluding carboxylic acids is 2. The van der Waals surface area contributed by atoms with Crippen molar-refractivity contribution in [1.29, 1.82) is 0 Å². The molecule has 4 rings (SSSR count). The first-order valence-electron chi connectivity index (χ1n) is 14.3. The van der Waals surface area contributed by atoms with Gasteiger partial charge in [0.2, 0.25) is 11.8 Å². The Hall–Kier alpha value is -4.65. The summed E-state index contributed by atoms with van der Waals surface area (Å²) < 4.78 is 34.5. The van der Waals surface area contributed by atoms with E-state index in [-0.39, 0.29) is 34.3 Å². The van der Waals surface area contributed by atoms with E-state index >= 15 is 0 Å². The smallest absolute Gasteiger partial charge is 0.273 e. The molecule has 0 aromatic heterocycles. The van der Waals surface area contributed by atoms with Crippen LogP contribution in [0.4, 0.5) is 11.4 Å². The van der Waals surface area contributed by atoms with Crippen LogP contribution in [0.25, 0.3) is 0 Å². The van der Waals surface area contributed by atoms with Crippen LogP contribution in [0.1, 0.15) is 16.7 Å². The molecule has 2 amide bonds. The molecule has 0 fully saturated rings. The van der Waals surface area contributed by atoms with Crippen LogP contribution in [0.5, 0.6) is 5.75 Å². The predicted molar refractivity (Wildman–Crippen MR) is 180 cm³/mol. The summed E-state index contributed by atoms with van der Waals surface area (Å²) in [6.07, 6.45) is 0.0910. The first kappa shape index (κ1) is 35.2. The Bertz CT molecular complexity index is 1850. The van der Waals surface area contributed by atoms with Crippen molar-refractivity contribution in [2.45, 2.75) is 30.8 Å². The van der Waals surface area contributed by atoms with Gasteiger partial charge in [-0.25, -0.2) is 8.42 Å². The molecule has 11 nitrogen and oxygen atoms in total. The van der Waals surface area contributed by atoms with E-state index in [9.17, 15) is 28.1 Å². The van der Waals surface area contributed by atoms with Gasteiger partial charge in [0.05, 0.1) is 22.6 Å². The van der Waals surface area contributed by atoms with Gasteiger partial charge in [0.25, 0.3) is 15.7 Å². The summed E-state index contributed by atoms with van der Waals surface area (Å²) in [7, 11) is -1.71. The number of benzene rings is 4. The van der Waals surface area contributed by atoms with E-state index in [1.165, 1.54) is 62.4 Å². The minimum Gasteiger partial charge on any atom is -0.497 e. The molecule has 0 radical (unpaired) electrons. The van der Waals surface area contributed by atoms with Gasteiger partial charge >= 0.3 is 0 Å². The van der Waals surface area contributed by atoms with E-state index in [1.54, 1.807) is 42.5 Å². The maximum absolute atomic E-state index is 14.5. The Balaban J connectivity index is 1.86. The van der Waals surface area contributed by atoms with Crippen molar-refractivity contribution < 1.29 is 27.7 Å². The van der Waals surface area contributed by atoms with Crippen LogP contribution in [0.2, 0.25) is 10.0 Å². The molecular weight excluding hydrogens is 667 g/mol. The highest BCUT2D eigenvalue weighted by molar-refractivity contribution is 7.92. The van der Waals surface area contributed by atoms with E-state index in [1.807, 2.05) is 6.07 Å². The molecule has 14 heteroatoms. The van der Waals surface area contributed by atoms with Crippen molar-refractivity contribution in [3.05, 3.63) is 128 Å². The summed E-state index contributed by atoms with van der Waals surface area (Å²) in [5, 5.41) is 14.8. The number of hydrogen-bond acceptors (Lipinski definition) is 7. The van der Waals surface area contributed by atoms with Crippen LogP contribution in [-0.4, -0.2) is 56.8 Å². The predicted octanol–water partition coefficient (Wildman–Crippen LogP) is 5.80. The Labute approximate surface area is 282 Å². The number of anilines is 1. The minimum atomic E-state index is -4.59. The van der Waals surface area contributed by atoms with Crippen molar-refractivity contribution in [2.24, 2.45) is 0 Å². The normalized spacial score (nSPS) is 11.8. The Morgan fingerprint density at radius 1 is 0.957 bits per heavy atom. The molecule has 0 saturated carbocycles. The first-order chi connectivity index (χ1) is 22.4. The summed E-state index contributed by atoms with van der Waals surface area (Å²) in [6, 6.07) is 22.2. The van der Waals surface area contributed by atoms with Crippen molar-refractivity contribution in [3.8, 4) is 5.75 Å². The standard InChI is InChI=1S/C33H32Cl2N4O7S/c1-22-12-17-26(19-30(22)39(42)43)47(44,45)38(24-13-15-25(46-3)16-14-24)21-32(40)37(20-27-28(34)10-7-11-29(27)35)31(33(41)36-2)18-23-8-5-4-6-9-23/h4-17,19,31H,18,20-21H2,1-3H3,(H,36,41)/t31-/m1/s1. The lowest BCUT2D eigenvalue weighted by Gasteiger charge is -2.34. The average molecular weight is 700 g/mol. The third-order valence-corrected chi connectivity index (χ3v) is 9.99. The number of methoxy groups -OCH3 is 1. The minimum absolute atomic E-state index is 0.0812. The number of carbonyl (C=O) groups is 2. The first-order valence-corrected chi connectivity index (χ1v) is 16.5. The number of nitro groups is 1. The van der Waals surface area contributed by atoms with Crippen molar-refractivity contribution >= 4 is 56.4 Å². The van der Waals surface area contributed by atoms with Gasteiger partial charge in [-0.15, -0.1) is 0 Å². The van der Waals surface area contributed by atoms with E-state index in [4.69, 9.17) is 27.9 Å². The maximum atomic E-state index is 14.5. The van der Waals surface area contributed by atoms with Crippen LogP contribution >= 0.6 is 23.2 Å².